The fraction of sp³-hybridized carbons (Fsp3) is 0.136. The summed E-state index contributed by atoms with van der Waals surface area (Å²) in [4.78, 5) is 29.4. The van der Waals surface area contributed by atoms with Crippen LogP contribution in [0.4, 0.5) is 5.69 Å². The molecule has 0 saturated carbocycles. The summed E-state index contributed by atoms with van der Waals surface area (Å²) in [5.74, 6) is -1.77. The number of carbonyl (C=O) groups is 2. The van der Waals surface area contributed by atoms with E-state index in [0.29, 0.717) is 16.0 Å². The molecule has 0 saturated heterocycles. The molecule has 0 unspecified atom stereocenters. The zero-order chi connectivity index (χ0) is 20.0. The number of hydrogen-bond donors (Lipinski definition) is 2. The summed E-state index contributed by atoms with van der Waals surface area (Å²) < 4.78 is 5.48. The van der Waals surface area contributed by atoms with Gasteiger partial charge in [-0.3, -0.25) is 4.79 Å². The Morgan fingerprint density at radius 1 is 1.10 bits per heavy atom. The second kappa shape index (κ2) is 6.86. The molecule has 1 aliphatic rings. The molecule has 144 valence electrons. The average Bonchev–Trinajstić information content (AvgIpc) is 3.44. The molecule has 0 atom stereocenters. The van der Waals surface area contributed by atoms with Crippen molar-refractivity contribution >= 4 is 40.0 Å². The number of hydrogen-bond acceptors (Lipinski definition) is 5. The Morgan fingerprint density at radius 3 is 2.76 bits per heavy atom. The molecule has 0 bridgehead atoms. The summed E-state index contributed by atoms with van der Waals surface area (Å²) in [6.07, 6.45) is 3.21. The molecule has 6 nitrogen and oxygen atoms in total. The molecule has 0 aliphatic heterocycles. The van der Waals surface area contributed by atoms with Crippen LogP contribution in [0.5, 0.6) is 0 Å². The third kappa shape index (κ3) is 3.09. The van der Waals surface area contributed by atoms with Crippen LogP contribution in [0.2, 0.25) is 0 Å². The maximum absolute atomic E-state index is 12.6. The molecule has 7 heteroatoms. The molecule has 5 rings (SSSR count). The number of amides is 1. The Kier molecular flexibility index (Phi) is 4.17. The normalized spacial score (nSPS) is 12.8. The van der Waals surface area contributed by atoms with Gasteiger partial charge in [0.2, 0.25) is 0 Å². The van der Waals surface area contributed by atoms with E-state index < -0.39 is 11.9 Å². The van der Waals surface area contributed by atoms with E-state index in [2.05, 4.69) is 22.4 Å². The molecule has 2 N–H and O–H groups in total. The minimum atomic E-state index is -1.09. The van der Waals surface area contributed by atoms with Crippen molar-refractivity contribution in [2.45, 2.75) is 19.3 Å². The van der Waals surface area contributed by atoms with E-state index in [9.17, 15) is 14.7 Å². The van der Waals surface area contributed by atoms with Crippen LogP contribution in [-0.4, -0.2) is 22.0 Å². The van der Waals surface area contributed by atoms with Gasteiger partial charge in [0.15, 0.2) is 5.58 Å². The maximum atomic E-state index is 12.6. The SMILES string of the molecule is O=C(Nc1csc(-c2ccc3c(c2)CCC3)c1C(=O)O)c1nc2ccccc2o1. The number of rotatable bonds is 4. The van der Waals surface area contributed by atoms with Crippen LogP contribution in [0.3, 0.4) is 0 Å². The number of fused-ring (bicyclic) bond motifs is 2. The smallest absolute Gasteiger partial charge is 0.339 e. The van der Waals surface area contributed by atoms with Crippen molar-refractivity contribution in [3.05, 3.63) is 70.4 Å². The Hall–Kier alpha value is -3.45. The number of nitrogens with one attached hydrogen (secondary N) is 1. The number of aromatic carboxylic acids is 1. The number of thiophene rings is 1. The van der Waals surface area contributed by atoms with Crippen molar-refractivity contribution in [1.82, 2.24) is 4.98 Å². The van der Waals surface area contributed by atoms with Crippen LogP contribution >= 0.6 is 11.3 Å². The van der Waals surface area contributed by atoms with Gasteiger partial charge in [0.25, 0.3) is 5.89 Å². The van der Waals surface area contributed by atoms with Gasteiger partial charge < -0.3 is 14.8 Å². The van der Waals surface area contributed by atoms with Crippen LogP contribution in [0.1, 0.15) is 38.6 Å². The summed E-state index contributed by atoms with van der Waals surface area (Å²) in [5.41, 5.74) is 4.84. The van der Waals surface area contributed by atoms with Crippen molar-refractivity contribution < 1.29 is 19.1 Å². The third-order valence-electron chi connectivity index (χ3n) is 5.10. The first-order valence-corrected chi connectivity index (χ1v) is 10.1. The highest BCUT2D eigenvalue weighted by Crippen LogP contribution is 2.38. The molecule has 1 amide bonds. The maximum Gasteiger partial charge on any atom is 0.339 e. The lowest BCUT2D eigenvalue weighted by atomic mass is 10.0. The number of oxazole rings is 1. The van der Waals surface area contributed by atoms with E-state index in [1.165, 1.54) is 22.5 Å². The van der Waals surface area contributed by atoms with Crippen LogP contribution in [-0.2, 0) is 12.8 Å². The number of anilines is 1. The highest BCUT2D eigenvalue weighted by atomic mass is 32.1. The molecule has 0 radical (unpaired) electrons. The summed E-state index contributed by atoms with van der Waals surface area (Å²) in [5, 5.41) is 14.1. The molecule has 1 aliphatic carbocycles. The monoisotopic (exact) mass is 404 g/mol. The van der Waals surface area contributed by atoms with Crippen molar-refractivity contribution in [2.75, 3.05) is 5.32 Å². The van der Waals surface area contributed by atoms with E-state index in [-0.39, 0.29) is 17.1 Å². The number of benzene rings is 2. The van der Waals surface area contributed by atoms with Crippen LogP contribution in [0.15, 0.2) is 52.3 Å². The lowest BCUT2D eigenvalue weighted by molar-refractivity contribution is 0.0699. The summed E-state index contributed by atoms with van der Waals surface area (Å²) in [6.45, 7) is 0. The highest BCUT2D eigenvalue weighted by molar-refractivity contribution is 7.14. The molecule has 2 aromatic carbocycles. The predicted octanol–water partition coefficient (Wildman–Crippen LogP) is 5.00. The van der Waals surface area contributed by atoms with Crippen LogP contribution in [0, 0.1) is 0 Å². The van der Waals surface area contributed by atoms with Gasteiger partial charge in [0.1, 0.15) is 11.1 Å². The zero-order valence-corrected chi connectivity index (χ0v) is 16.1. The Labute approximate surface area is 169 Å². The first-order valence-electron chi connectivity index (χ1n) is 9.24. The lowest BCUT2D eigenvalue weighted by Crippen LogP contribution is -2.14. The average molecular weight is 404 g/mol. The largest absolute Gasteiger partial charge is 0.478 e. The van der Waals surface area contributed by atoms with E-state index >= 15 is 0 Å². The van der Waals surface area contributed by atoms with E-state index in [1.54, 1.807) is 29.6 Å². The van der Waals surface area contributed by atoms with Crippen molar-refractivity contribution in [3.8, 4) is 10.4 Å². The van der Waals surface area contributed by atoms with Gasteiger partial charge in [-0.1, -0.05) is 30.3 Å². The van der Waals surface area contributed by atoms with Crippen molar-refractivity contribution in [2.24, 2.45) is 0 Å². The van der Waals surface area contributed by atoms with E-state index in [0.717, 1.165) is 24.8 Å². The summed E-state index contributed by atoms with van der Waals surface area (Å²) >= 11 is 1.30. The molecule has 2 aromatic heterocycles. The molecular weight excluding hydrogens is 388 g/mol. The van der Waals surface area contributed by atoms with Crippen LogP contribution in [0.25, 0.3) is 21.5 Å². The Morgan fingerprint density at radius 2 is 1.93 bits per heavy atom. The van der Waals surface area contributed by atoms with Gasteiger partial charge in [-0.2, -0.15) is 0 Å². The summed E-state index contributed by atoms with van der Waals surface area (Å²) in [7, 11) is 0. The summed E-state index contributed by atoms with van der Waals surface area (Å²) in [6, 6.07) is 13.1. The second-order valence-electron chi connectivity index (χ2n) is 6.94. The molecule has 0 fully saturated rings. The molecular formula is C22H16N2O4S. The second-order valence-corrected chi connectivity index (χ2v) is 7.82. The van der Waals surface area contributed by atoms with Crippen LogP contribution < -0.4 is 5.32 Å². The first kappa shape index (κ1) is 17.6. The minimum absolute atomic E-state index is 0.0809. The predicted molar refractivity (Wildman–Crippen MR) is 111 cm³/mol. The fourth-order valence-electron chi connectivity index (χ4n) is 3.73. The molecule has 2 heterocycles. The lowest BCUT2D eigenvalue weighted by Gasteiger charge is -2.06. The highest BCUT2D eigenvalue weighted by Gasteiger charge is 2.24. The van der Waals surface area contributed by atoms with Gasteiger partial charge in [0, 0.05) is 5.38 Å². The van der Waals surface area contributed by atoms with Crippen molar-refractivity contribution in [3.63, 3.8) is 0 Å². The van der Waals surface area contributed by atoms with Gasteiger partial charge in [-0.15, -0.1) is 11.3 Å². The number of carboxylic acid groups (broad SMARTS) is 1. The number of carboxylic acids is 1. The molecule has 0 spiro atoms. The van der Waals surface area contributed by atoms with Gasteiger partial charge in [-0.05, 0) is 48.1 Å². The Balaban J connectivity index is 1.49. The number of aryl methyl sites for hydroxylation is 2. The molecule has 29 heavy (non-hydrogen) atoms. The van der Waals surface area contributed by atoms with E-state index in [1.807, 2.05) is 6.07 Å². The first-order chi connectivity index (χ1) is 14.1. The third-order valence-corrected chi connectivity index (χ3v) is 6.13. The fourth-order valence-corrected chi connectivity index (χ4v) is 4.72. The van der Waals surface area contributed by atoms with Crippen molar-refractivity contribution in [1.29, 1.82) is 0 Å². The quantitative estimate of drug-likeness (QED) is 0.500. The minimum Gasteiger partial charge on any atom is -0.478 e. The van der Waals surface area contributed by atoms with Gasteiger partial charge >= 0.3 is 11.9 Å². The number of aromatic nitrogens is 1. The van der Waals surface area contributed by atoms with Gasteiger partial charge in [-0.25, -0.2) is 9.78 Å². The number of nitrogens with zero attached hydrogens (tertiary/aromatic N) is 1. The van der Waals surface area contributed by atoms with E-state index in [4.69, 9.17) is 4.42 Å². The number of para-hydroxylation sites is 2. The Bertz CT molecular complexity index is 1240. The van der Waals surface area contributed by atoms with Gasteiger partial charge in [0.05, 0.1) is 10.6 Å². The zero-order valence-electron chi connectivity index (χ0n) is 15.3. The topological polar surface area (TPSA) is 92.4 Å². The standard InChI is InChI=1S/C22H16N2O4S/c25-20(21-24-15-6-1-2-7-17(15)28-21)23-16-11-29-19(18(16)22(26)27)14-9-8-12-4-3-5-13(12)10-14/h1-2,6-11H,3-5H2,(H,23,25)(H,26,27). The molecule has 4 aromatic rings. The number of carbonyl (C=O) groups excluding carboxylic acids is 1.